The van der Waals surface area contributed by atoms with Crippen molar-refractivity contribution in [2.24, 2.45) is 0 Å². The fourth-order valence-electron chi connectivity index (χ4n) is 2.24. The van der Waals surface area contributed by atoms with E-state index in [0.29, 0.717) is 6.07 Å². The number of pyridine rings is 2. The molecule has 2 aromatic rings. The normalized spacial score (nSPS) is 11.7. The fraction of sp³-hybridized carbons (Fsp3) is 0.400. The van der Waals surface area contributed by atoms with Gasteiger partial charge in [0.1, 0.15) is 17.9 Å². The quantitative estimate of drug-likeness (QED) is 0.711. The van der Waals surface area contributed by atoms with Crippen LogP contribution in [0.5, 0.6) is 0 Å². The standard InChI is InChI=1S/C15H16F2N2O5S/c1-3-24-15(21)10-8-19(6-5-16)13-9(12(10)20)7-11(17)14(18-13)25(22,23)4-2/h7-8H,3-6H2,1-2H3. The Balaban J connectivity index is 2.87. The summed E-state index contributed by atoms with van der Waals surface area (Å²) in [6.45, 7) is 1.71. The molecular weight excluding hydrogens is 358 g/mol. The lowest BCUT2D eigenvalue weighted by atomic mass is 10.2. The van der Waals surface area contributed by atoms with Gasteiger partial charge >= 0.3 is 5.97 Å². The second-order valence-corrected chi connectivity index (χ2v) is 7.22. The molecule has 0 saturated carbocycles. The number of alkyl halides is 1. The Kier molecular flexibility index (Phi) is 5.51. The minimum absolute atomic E-state index is 0.0136. The van der Waals surface area contributed by atoms with E-state index in [1.54, 1.807) is 6.92 Å². The molecule has 0 fully saturated rings. The molecule has 0 radical (unpaired) electrons. The Morgan fingerprint density at radius 2 is 2.04 bits per heavy atom. The summed E-state index contributed by atoms with van der Waals surface area (Å²) < 4.78 is 56.8. The fourth-order valence-corrected chi connectivity index (χ4v) is 3.10. The van der Waals surface area contributed by atoms with Crippen LogP contribution >= 0.6 is 0 Å². The van der Waals surface area contributed by atoms with Crippen molar-refractivity contribution in [2.75, 3.05) is 19.0 Å². The number of esters is 1. The van der Waals surface area contributed by atoms with Crippen LogP contribution in [0.15, 0.2) is 22.1 Å². The van der Waals surface area contributed by atoms with Crippen molar-refractivity contribution in [3.63, 3.8) is 0 Å². The zero-order valence-electron chi connectivity index (χ0n) is 13.6. The molecule has 2 aromatic heterocycles. The zero-order chi connectivity index (χ0) is 18.8. The van der Waals surface area contributed by atoms with Gasteiger partial charge in [-0.05, 0) is 13.0 Å². The van der Waals surface area contributed by atoms with Gasteiger partial charge in [-0.2, -0.15) is 0 Å². The SMILES string of the molecule is CCOC(=O)c1cn(CCF)c2nc(S(=O)(=O)CC)c(F)cc2c1=O. The van der Waals surface area contributed by atoms with Crippen LogP contribution in [0.3, 0.4) is 0 Å². The molecule has 0 aromatic carbocycles. The number of aromatic nitrogens is 2. The maximum absolute atomic E-state index is 14.2. The molecule has 0 aliphatic heterocycles. The van der Waals surface area contributed by atoms with Gasteiger partial charge in [-0.3, -0.25) is 4.79 Å². The number of rotatable bonds is 6. The highest BCUT2D eigenvalue weighted by molar-refractivity contribution is 7.91. The molecule has 0 amide bonds. The van der Waals surface area contributed by atoms with Crippen molar-refractivity contribution in [2.45, 2.75) is 25.4 Å². The lowest BCUT2D eigenvalue weighted by Gasteiger charge is -2.12. The average Bonchev–Trinajstić information content (AvgIpc) is 2.57. The molecule has 136 valence electrons. The lowest BCUT2D eigenvalue weighted by molar-refractivity contribution is 0.0524. The topological polar surface area (TPSA) is 95.3 Å². The van der Waals surface area contributed by atoms with Crippen molar-refractivity contribution in [3.05, 3.63) is 33.9 Å². The van der Waals surface area contributed by atoms with Crippen LogP contribution in [0, 0.1) is 5.82 Å². The highest BCUT2D eigenvalue weighted by Crippen LogP contribution is 2.19. The van der Waals surface area contributed by atoms with E-state index in [1.165, 1.54) is 6.92 Å². The van der Waals surface area contributed by atoms with E-state index in [1.807, 2.05) is 0 Å². The molecule has 0 saturated heterocycles. The molecule has 0 unspecified atom stereocenters. The van der Waals surface area contributed by atoms with E-state index in [0.717, 1.165) is 10.8 Å². The minimum Gasteiger partial charge on any atom is -0.462 e. The third kappa shape index (κ3) is 3.53. The molecule has 10 heteroatoms. The van der Waals surface area contributed by atoms with Crippen LogP contribution < -0.4 is 5.43 Å². The predicted octanol–water partition coefficient (Wildman–Crippen LogP) is 1.48. The Bertz CT molecular complexity index is 986. The summed E-state index contributed by atoms with van der Waals surface area (Å²) in [6.07, 6.45) is 1.04. The van der Waals surface area contributed by atoms with Gasteiger partial charge in [-0.15, -0.1) is 0 Å². The summed E-state index contributed by atoms with van der Waals surface area (Å²) in [5, 5.41) is -1.15. The number of ether oxygens (including phenoxy) is 1. The van der Waals surface area contributed by atoms with E-state index >= 15 is 0 Å². The number of hydrogen-bond acceptors (Lipinski definition) is 6. The number of hydrogen-bond donors (Lipinski definition) is 0. The van der Waals surface area contributed by atoms with Crippen molar-refractivity contribution in [1.82, 2.24) is 9.55 Å². The number of carbonyl (C=O) groups excluding carboxylic acids is 1. The largest absolute Gasteiger partial charge is 0.462 e. The molecule has 0 N–H and O–H groups in total. The first kappa shape index (κ1) is 19.0. The van der Waals surface area contributed by atoms with Gasteiger partial charge in [0.25, 0.3) is 0 Å². The molecule has 2 rings (SSSR count). The maximum Gasteiger partial charge on any atom is 0.343 e. The van der Waals surface area contributed by atoms with Crippen molar-refractivity contribution in [1.29, 1.82) is 0 Å². The lowest BCUT2D eigenvalue weighted by Crippen LogP contribution is -2.23. The summed E-state index contributed by atoms with van der Waals surface area (Å²) in [7, 11) is -3.99. The molecular formula is C15H16F2N2O5S. The van der Waals surface area contributed by atoms with E-state index in [9.17, 15) is 26.8 Å². The van der Waals surface area contributed by atoms with E-state index in [4.69, 9.17) is 4.74 Å². The van der Waals surface area contributed by atoms with Gasteiger partial charge < -0.3 is 9.30 Å². The number of nitrogens with zero attached hydrogens (tertiary/aromatic N) is 2. The van der Waals surface area contributed by atoms with Crippen LogP contribution in [-0.4, -0.2) is 43.0 Å². The van der Waals surface area contributed by atoms with Gasteiger partial charge in [-0.1, -0.05) is 6.92 Å². The third-order valence-corrected chi connectivity index (χ3v) is 5.10. The molecule has 7 nitrogen and oxygen atoms in total. The molecule has 2 heterocycles. The minimum atomic E-state index is -3.99. The first-order valence-electron chi connectivity index (χ1n) is 7.46. The number of carbonyl (C=O) groups is 1. The average molecular weight is 374 g/mol. The number of sulfone groups is 1. The highest BCUT2D eigenvalue weighted by atomic mass is 32.2. The van der Waals surface area contributed by atoms with Crippen LogP contribution in [0.2, 0.25) is 0 Å². The van der Waals surface area contributed by atoms with Gasteiger partial charge in [-0.25, -0.2) is 27.0 Å². The van der Waals surface area contributed by atoms with Gasteiger partial charge in [0, 0.05) is 6.20 Å². The summed E-state index contributed by atoms with van der Waals surface area (Å²) in [5.74, 6) is -2.54. The molecule has 25 heavy (non-hydrogen) atoms. The number of fused-ring (bicyclic) bond motifs is 1. The number of aryl methyl sites for hydroxylation is 1. The molecule has 0 aliphatic carbocycles. The van der Waals surface area contributed by atoms with Gasteiger partial charge in [0.15, 0.2) is 20.7 Å². The highest BCUT2D eigenvalue weighted by Gasteiger charge is 2.24. The smallest absolute Gasteiger partial charge is 0.343 e. The van der Waals surface area contributed by atoms with Crippen LogP contribution in [0.1, 0.15) is 24.2 Å². The molecule has 0 bridgehead atoms. The Morgan fingerprint density at radius 1 is 1.36 bits per heavy atom. The zero-order valence-corrected chi connectivity index (χ0v) is 14.4. The second-order valence-electron chi connectivity index (χ2n) is 5.02. The summed E-state index contributed by atoms with van der Waals surface area (Å²) in [6, 6.07) is 0.699. The first-order chi connectivity index (χ1) is 11.8. The van der Waals surface area contributed by atoms with E-state index < -0.39 is 50.1 Å². The number of halogens is 2. The van der Waals surface area contributed by atoms with Crippen LogP contribution in [-0.2, 0) is 21.1 Å². The Morgan fingerprint density at radius 3 is 2.60 bits per heavy atom. The summed E-state index contributed by atoms with van der Waals surface area (Å²) in [4.78, 5) is 28.0. The van der Waals surface area contributed by atoms with E-state index in [2.05, 4.69) is 4.98 Å². The first-order valence-corrected chi connectivity index (χ1v) is 9.11. The van der Waals surface area contributed by atoms with Gasteiger partial charge in [0.2, 0.25) is 5.43 Å². The maximum atomic E-state index is 14.2. The Hall–Kier alpha value is -2.36. The van der Waals surface area contributed by atoms with E-state index in [-0.39, 0.29) is 24.2 Å². The van der Waals surface area contributed by atoms with Gasteiger partial charge in [0.05, 0.1) is 24.3 Å². The van der Waals surface area contributed by atoms with Crippen molar-refractivity contribution in [3.8, 4) is 0 Å². The molecule has 0 atom stereocenters. The van der Waals surface area contributed by atoms with Crippen molar-refractivity contribution >= 4 is 26.8 Å². The predicted molar refractivity (Wildman–Crippen MR) is 85.6 cm³/mol. The Labute approximate surface area is 142 Å². The summed E-state index contributed by atoms with van der Waals surface area (Å²) in [5.41, 5.74) is -1.49. The molecule has 0 aliphatic rings. The van der Waals surface area contributed by atoms with Crippen LogP contribution in [0.25, 0.3) is 11.0 Å². The molecule has 0 spiro atoms. The second kappa shape index (κ2) is 7.26. The third-order valence-electron chi connectivity index (χ3n) is 3.47. The summed E-state index contributed by atoms with van der Waals surface area (Å²) >= 11 is 0. The van der Waals surface area contributed by atoms with Crippen molar-refractivity contribution < 1.29 is 26.7 Å². The monoisotopic (exact) mass is 374 g/mol. The van der Waals surface area contributed by atoms with Crippen LogP contribution in [0.4, 0.5) is 8.78 Å².